The maximum atomic E-state index is 12.8. The van der Waals surface area contributed by atoms with Gasteiger partial charge in [-0.2, -0.15) is 0 Å². The highest BCUT2D eigenvalue weighted by atomic mass is 79.9. The van der Waals surface area contributed by atoms with Gasteiger partial charge in [0.05, 0.1) is 11.6 Å². The van der Waals surface area contributed by atoms with Gasteiger partial charge in [0.2, 0.25) is 0 Å². The number of methoxy groups -OCH3 is 1. The highest BCUT2D eigenvalue weighted by molar-refractivity contribution is 9.10. The molecule has 0 N–H and O–H groups in total. The largest absolute Gasteiger partial charge is 0.459 e. The molecule has 0 fully saturated rings. The average molecular weight is 257 g/mol. The maximum absolute atomic E-state index is 12.8. The third-order valence-electron chi connectivity index (χ3n) is 1.41. The van der Waals surface area contributed by atoms with E-state index in [2.05, 4.69) is 32.5 Å². The normalized spacial score (nSPS) is 8.79. The molecule has 0 aromatic heterocycles. The van der Waals surface area contributed by atoms with Crippen LogP contribution in [-0.4, -0.2) is 13.1 Å². The van der Waals surface area contributed by atoms with Crippen LogP contribution in [0.4, 0.5) is 4.39 Å². The highest BCUT2D eigenvalue weighted by Crippen LogP contribution is 2.15. The van der Waals surface area contributed by atoms with Crippen molar-refractivity contribution in [2.45, 2.75) is 0 Å². The lowest BCUT2D eigenvalue weighted by Crippen LogP contribution is -1.94. The molecular weight excluding hydrogens is 251 g/mol. The number of carbonyl (C=O) groups is 1. The van der Waals surface area contributed by atoms with Gasteiger partial charge in [-0.05, 0) is 34.1 Å². The second-order valence-corrected chi connectivity index (χ2v) is 3.22. The molecule has 1 aromatic carbocycles. The second kappa shape index (κ2) is 4.77. The summed E-state index contributed by atoms with van der Waals surface area (Å²) in [6, 6.07) is 4.24. The summed E-state index contributed by atoms with van der Waals surface area (Å²) in [5, 5.41) is 0. The molecule has 1 aromatic rings. The number of esters is 1. The van der Waals surface area contributed by atoms with Crippen LogP contribution in [0.15, 0.2) is 22.7 Å². The molecule has 0 radical (unpaired) electrons. The minimum absolute atomic E-state index is 0.314. The van der Waals surface area contributed by atoms with E-state index >= 15 is 0 Å². The molecule has 0 unspecified atom stereocenters. The summed E-state index contributed by atoms with van der Waals surface area (Å²) in [4.78, 5) is 10.7. The second-order valence-electron chi connectivity index (χ2n) is 2.37. The Morgan fingerprint density at radius 3 is 2.86 bits per heavy atom. The van der Waals surface area contributed by atoms with Crippen LogP contribution < -0.4 is 0 Å². The molecule has 2 nitrogen and oxygen atoms in total. The molecule has 1 rings (SSSR count). The number of carbonyl (C=O) groups excluding carboxylic acids is 1. The first-order valence-electron chi connectivity index (χ1n) is 3.68. The van der Waals surface area contributed by atoms with Gasteiger partial charge in [0, 0.05) is 11.5 Å². The van der Waals surface area contributed by atoms with Gasteiger partial charge in [0.15, 0.2) is 0 Å². The average Bonchev–Trinajstić information content (AvgIpc) is 2.19. The van der Waals surface area contributed by atoms with Gasteiger partial charge in [-0.15, -0.1) is 0 Å². The summed E-state index contributed by atoms with van der Waals surface area (Å²) in [5.41, 5.74) is 0.545. The van der Waals surface area contributed by atoms with Crippen LogP contribution in [0.25, 0.3) is 0 Å². The monoisotopic (exact) mass is 256 g/mol. The van der Waals surface area contributed by atoms with Crippen molar-refractivity contribution >= 4 is 21.9 Å². The van der Waals surface area contributed by atoms with E-state index in [1.54, 1.807) is 0 Å². The van der Waals surface area contributed by atoms with Gasteiger partial charge in [-0.25, -0.2) is 9.18 Å². The SMILES string of the molecule is COC(=O)C#Cc1ccc(F)c(Br)c1. The molecule has 0 atom stereocenters. The lowest BCUT2D eigenvalue weighted by molar-refractivity contribution is -0.133. The first-order valence-corrected chi connectivity index (χ1v) is 4.48. The molecular formula is C10H6BrFO2. The highest BCUT2D eigenvalue weighted by Gasteiger charge is 1.98. The van der Waals surface area contributed by atoms with Crippen molar-refractivity contribution in [1.82, 2.24) is 0 Å². The molecule has 0 amide bonds. The maximum Gasteiger partial charge on any atom is 0.384 e. The summed E-state index contributed by atoms with van der Waals surface area (Å²) in [7, 11) is 1.25. The number of benzene rings is 1. The van der Waals surface area contributed by atoms with E-state index in [1.807, 2.05) is 0 Å². The van der Waals surface area contributed by atoms with Crippen molar-refractivity contribution < 1.29 is 13.9 Å². The van der Waals surface area contributed by atoms with Crippen LogP contribution in [0.5, 0.6) is 0 Å². The van der Waals surface area contributed by atoms with E-state index in [9.17, 15) is 9.18 Å². The van der Waals surface area contributed by atoms with Gasteiger partial charge in [0.25, 0.3) is 0 Å². The molecule has 0 bridgehead atoms. The fourth-order valence-electron chi connectivity index (χ4n) is 0.748. The predicted molar refractivity (Wildman–Crippen MR) is 53.0 cm³/mol. The summed E-state index contributed by atoms with van der Waals surface area (Å²) in [5.74, 6) is 3.80. The first-order chi connectivity index (χ1) is 6.63. The molecule has 0 aliphatic carbocycles. The van der Waals surface area contributed by atoms with E-state index in [0.717, 1.165) is 0 Å². The summed E-state index contributed by atoms with van der Waals surface area (Å²) in [6.07, 6.45) is 0. The standard InChI is InChI=1S/C10H6BrFO2/c1-14-10(13)5-3-7-2-4-9(12)8(11)6-7/h2,4,6H,1H3. The minimum atomic E-state index is -0.620. The Kier molecular flexibility index (Phi) is 3.66. The molecule has 4 heteroatoms. The van der Waals surface area contributed by atoms with Crippen molar-refractivity contribution in [2.24, 2.45) is 0 Å². The van der Waals surface area contributed by atoms with Gasteiger partial charge in [-0.3, -0.25) is 0 Å². The van der Waals surface area contributed by atoms with Crippen molar-refractivity contribution in [2.75, 3.05) is 7.11 Å². The first kappa shape index (κ1) is 10.7. The molecule has 0 aliphatic rings. The molecule has 0 heterocycles. The van der Waals surface area contributed by atoms with Crippen LogP contribution in [-0.2, 0) is 9.53 Å². The Balaban J connectivity index is 2.91. The number of ether oxygens (including phenoxy) is 1. The summed E-state index contributed by atoms with van der Waals surface area (Å²) >= 11 is 3.01. The van der Waals surface area contributed by atoms with Crippen molar-refractivity contribution in [3.63, 3.8) is 0 Å². The lowest BCUT2D eigenvalue weighted by Gasteiger charge is -1.93. The van der Waals surface area contributed by atoms with Gasteiger partial charge in [-0.1, -0.05) is 5.92 Å². The third-order valence-corrected chi connectivity index (χ3v) is 2.02. The van der Waals surface area contributed by atoms with Crippen LogP contribution in [0, 0.1) is 17.7 Å². The topological polar surface area (TPSA) is 26.3 Å². The smallest absolute Gasteiger partial charge is 0.384 e. The molecule has 0 saturated heterocycles. The molecule has 0 spiro atoms. The van der Waals surface area contributed by atoms with E-state index in [1.165, 1.54) is 25.3 Å². The zero-order valence-electron chi connectivity index (χ0n) is 7.30. The van der Waals surface area contributed by atoms with E-state index in [-0.39, 0.29) is 5.82 Å². The number of halogens is 2. The lowest BCUT2D eigenvalue weighted by atomic mass is 10.2. The number of rotatable bonds is 0. The van der Waals surface area contributed by atoms with Crippen LogP contribution in [0.2, 0.25) is 0 Å². The molecule has 72 valence electrons. The number of hydrogen-bond donors (Lipinski definition) is 0. The van der Waals surface area contributed by atoms with Gasteiger partial charge >= 0.3 is 5.97 Å². The number of hydrogen-bond acceptors (Lipinski definition) is 2. The van der Waals surface area contributed by atoms with Crippen molar-refractivity contribution in [3.8, 4) is 11.8 Å². The fraction of sp³-hybridized carbons (Fsp3) is 0.100. The Morgan fingerprint density at radius 2 is 2.29 bits per heavy atom. The molecule has 0 aliphatic heterocycles. The van der Waals surface area contributed by atoms with E-state index in [0.29, 0.717) is 10.0 Å². The molecule has 0 saturated carbocycles. The predicted octanol–water partition coefficient (Wildman–Crippen LogP) is 2.11. The third kappa shape index (κ3) is 2.86. The Labute approximate surface area is 89.2 Å². The summed E-state index contributed by atoms with van der Waals surface area (Å²) < 4.78 is 17.4. The fourth-order valence-corrected chi connectivity index (χ4v) is 1.13. The Bertz CT molecular complexity index is 418. The zero-order valence-corrected chi connectivity index (χ0v) is 8.89. The van der Waals surface area contributed by atoms with Crippen LogP contribution >= 0.6 is 15.9 Å². The summed E-state index contributed by atoms with van der Waals surface area (Å²) in [6.45, 7) is 0. The van der Waals surface area contributed by atoms with Gasteiger partial charge < -0.3 is 4.74 Å². The van der Waals surface area contributed by atoms with Crippen LogP contribution in [0.1, 0.15) is 5.56 Å². The van der Waals surface area contributed by atoms with E-state index in [4.69, 9.17) is 0 Å². The minimum Gasteiger partial charge on any atom is -0.459 e. The van der Waals surface area contributed by atoms with E-state index < -0.39 is 5.97 Å². The molecule has 14 heavy (non-hydrogen) atoms. The van der Waals surface area contributed by atoms with Crippen LogP contribution in [0.3, 0.4) is 0 Å². The zero-order chi connectivity index (χ0) is 10.6. The van der Waals surface area contributed by atoms with Gasteiger partial charge in [0.1, 0.15) is 5.82 Å². The Hall–Kier alpha value is -1.34. The van der Waals surface area contributed by atoms with Crippen molar-refractivity contribution in [3.05, 3.63) is 34.1 Å². The Morgan fingerprint density at radius 1 is 1.57 bits per heavy atom. The van der Waals surface area contributed by atoms with Crippen molar-refractivity contribution in [1.29, 1.82) is 0 Å². The quantitative estimate of drug-likeness (QED) is 0.525.